The first-order valence-electron chi connectivity index (χ1n) is 11.4. The molecule has 0 bridgehead atoms. The number of nitrogens with zero attached hydrogens (tertiary/aromatic N) is 3. The summed E-state index contributed by atoms with van der Waals surface area (Å²) in [7, 11) is 1.56. The molecule has 2 aromatic carbocycles. The SMILES string of the molecule is CCCOc1cc(-c2cc(NCCn3c(C)cc4c(OC)ccc(F)c43)ncn2)cc(Cl)c1C(=O)O. The average molecular weight is 513 g/mol. The molecular weight excluding hydrogens is 487 g/mol. The van der Waals surface area contributed by atoms with Gasteiger partial charge in [0, 0.05) is 35.8 Å². The van der Waals surface area contributed by atoms with E-state index >= 15 is 0 Å². The highest BCUT2D eigenvalue weighted by Crippen LogP contribution is 2.34. The van der Waals surface area contributed by atoms with Crippen LogP contribution < -0.4 is 14.8 Å². The van der Waals surface area contributed by atoms with E-state index in [1.807, 2.05) is 24.5 Å². The van der Waals surface area contributed by atoms with Gasteiger partial charge in [0.15, 0.2) is 0 Å². The Labute approximate surface area is 212 Å². The summed E-state index contributed by atoms with van der Waals surface area (Å²) in [5.74, 6) is -0.110. The lowest BCUT2D eigenvalue weighted by molar-refractivity contribution is 0.0692. The van der Waals surface area contributed by atoms with Crippen LogP contribution in [-0.2, 0) is 6.54 Å². The molecule has 0 spiro atoms. The Bertz CT molecular complexity index is 1420. The highest BCUT2D eigenvalue weighted by molar-refractivity contribution is 6.34. The van der Waals surface area contributed by atoms with Crippen LogP contribution in [0.3, 0.4) is 0 Å². The molecule has 0 aliphatic heterocycles. The zero-order valence-electron chi connectivity index (χ0n) is 20.1. The molecule has 0 atom stereocenters. The predicted octanol–water partition coefficient (Wildman–Crippen LogP) is 5.81. The third-order valence-corrected chi connectivity index (χ3v) is 6.03. The van der Waals surface area contributed by atoms with Crippen molar-refractivity contribution < 1.29 is 23.8 Å². The number of carbonyl (C=O) groups is 1. The van der Waals surface area contributed by atoms with Crippen LogP contribution in [0.5, 0.6) is 11.5 Å². The number of ether oxygens (including phenoxy) is 2. The number of benzene rings is 2. The minimum Gasteiger partial charge on any atom is -0.496 e. The van der Waals surface area contributed by atoms with Crippen LogP contribution in [0.15, 0.2) is 42.7 Å². The Hall–Kier alpha value is -3.85. The van der Waals surface area contributed by atoms with Crippen LogP contribution in [0, 0.1) is 12.7 Å². The van der Waals surface area contributed by atoms with Crippen LogP contribution in [0.4, 0.5) is 10.2 Å². The highest BCUT2D eigenvalue weighted by atomic mass is 35.5. The monoisotopic (exact) mass is 512 g/mol. The van der Waals surface area contributed by atoms with Gasteiger partial charge < -0.3 is 24.5 Å². The summed E-state index contributed by atoms with van der Waals surface area (Å²) in [6.45, 7) is 5.17. The van der Waals surface area contributed by atoms with Crippen molar-refractivity contribution in [2.24, 2.45) is 0 Å². The summed E-state index contributed by atoms with van der Waals surface area (Å²) in [5.41, 5.74) is 2.46. The molecule has 0 radical (unpaired) electrons. The van der Waals surface area contributed by atoms with Gasteiger partial charge in [0.05, 0.1) is 29.9 Å². The van der Waals surface area contributed by atoms with Crippen LogP contribution in [-0.4, -0.2) is 45.9 Å². The van der Waals surface area contributed by atoms with Crippen molar-refractivity contribution in [2.45, 2.75) is 26.8 Å². The summed E-state index contributed by atoms with van der Waals surface area (Å²) in [6, 6.07) is 9.82. The summed E-state index contributed by atoms with van der Waals surface area (Å²) >= 11 is 6.27. The van der Waals surface area contributed by atoms with Crippen LogP contribution in [0.1, 0.15) is 29.4 Å². The normalized spacial score (nSPS) is 11.0. The zero-order valence-corrected chi connectivity index (χ0v) is 20.9. The number of hydrogen-bond acceptors (Lipinski definition) is 6. The molecule has 8 nitrogen and oxygen atoms in total. The number of aromatic carboxylic acids is 1. The van der Waals surface area contributed by atoms with Crippen LogP contribution in [0.2, 0.25) is 5.02 Å². The van der Waals surface area contributed by atoms with Crippen LogP contribution >= 0.6 is 11.6 Å². The maximum atomic E-state index is 14.6. The lowest BCUT2D eigenvalue weighted by atomic mass is 10.1. The fourth-order valence-electron chi connectivity index (χ4n) is 4.08. The quantitative estimate of drug-likeness (QED) is 0.277. The van der Waals surface area contributed by atoms with E-state index in [0.29, 0.717) is 48.0 Å². The second-order valence-corrected chi connectivity index (χ2v) is 8.56. The molecule has 2 aromatic heterocycles. The maximum Gasteiger partial charge on any atom is 0.341 e. The summed E-state index contributed by atoms with van der Waals surface area (Å²) in [4.78, 5) is 20.2. The van der Waals surface area contributed by atoms with Gasteiger partial charge in [-0.3, -0.25) is 0 Å². The first-order valence-corrected chi connectivity index (χ1v) is 11.8. The minimum absolute atomic E-state index is 0.0617. The molecule has 0 aliphatic rings. The number of hydrogen-bond donors (Lipinski definition) is 2. The van der Waals surface area contributed by atoms with Gasteiger partial charge >= 0.3 is 5.97 Å². The van der Waals surface area contributed by atoms with Gasteiger partial charge in [-0.05, 0) is 43.7 Å². The summed E-state index contributed by atoms with van der Waals surface area (Å²) in [6.07, 6.45) is 2.12. The molecule has 0 saturated heterocycles. The molecule has 4 rings (SSSR count). The van der Waals surface area contributed by atoms with E-state index in [2.05, 4.69) is 15.3 Å². The van der Waals surface area contributed by atoms with Crippen molar-refractivity contribution >= 4 is 34.3 Å². The van der Waals surface area contributed by atoms with E-state index in [0.717, 1.165) is 17.5 Å². The number of fused-ring (bicyclic) bond motifs is 1. The Balaban J connectivity index is 1.55. The van der Waals surface area contributed by atoms with Gasteiger partial charge in [-0.25, -0.2) is 19.2 Å². The smallest absolute Gasteiger partial charge is 0.341 e. The number of carboxylic acid groups (broad SMARTS) is 1. The average Bonchev–Trinajstić information content (AvgIpc) is 3.19. The van der Waals surface area contributed by atoms with E-state index in [4.69, 9.17) is 21.1 Å². The third kappa shape index (κ3) is 5.06. The Morgan fingerprint density at radius 3 is 2.72 bits per heavy atom. The number of aromatic nitrogens is 3. The molecule has 0 aliphatic carbocycles. The number of methoxy groups -OCH3 is 1. The largest absolute Gasteiger partial charge is 0.496 e. The van der Waals surface area contributed by atoms with E-state index in [1.165, 1.54) is 12.4 Å². The third-order valence-electron chi connectivity index (χ3n) is 5.73. The second-order valence-electron chi connectivity index (χ2n) is 8.15. The number of halogens is 2. The Kier molecular flexibility index (Phi) is 7.59. The number of nitrogens with one attached hydrogen (secondary N) is 1. The first kappa shape index (κ1) is 25.2. The lowest BCUT2D eigenvalue weighted by Gasteiger charge is -2.13. The van der Waals surface area contributed by atoms with Crippen molar-refractivity contribution in [3.8, 4) is 22.8 Å². The van der Waals surface area contributed by atoms with E-state index in [-0.39, 0.29) is 22.2 Å². The minimum atomic E-state index is -1.16. The Morgan fingerprint density at radius 1 is 1.19 bits per heavy atom. The van der Waals surface area contributed by atoms with Crippen molar-refractivity contribution in [2.75, 3.05) is 25.6 Å². The van der Waals surface area contributed by atoms with Gasteiger partial charge in [-0.1, -0.05) is 18.5 Å². The molecule has 2 heterocycles. The molecule has 10 heteroatoms. The first-order chi connectivity index (χ1) is 17.3. The van der Waals surface area contributed by atoms with E-state index < -0.39 is 5.97 Å². The van der Waals surface area contributed by atoms with Gasteiger partial charge in [0.25, 0.3) is 0 Å². The van der Waals surface area contributed by atoms with E-state index in [9.17, 15) is 14.3 Å². The van der Waals surface area contributed by atoms with Gasteiger partial charge in [-0.15, -0.1) is 0 Å². The number of anilines is 1. The Morgan fingerprint density at radius 2 is 2.00 bits per heavy atom. The fraction of sp³-hybridized carbons (Fsp3) is 0.269. The number of carboxylic acids is 1. The molecule has 0 unspecified atom stereocenters. The predicted molar refractivity (Wildman–Crippen MR) is 137 cm³/mol. The number of rotatable bonds is 10. The fourth-order valence-corrected chi connectivity index (χ4v) is 4.37. The molecule has 0 fully saturated rings. The molecule has 0 saturated carbocycles. The van der Waals surface area contributed by atoms with Crippen LogP contribution in [0.25, 0.3) is 22.2 Å². The zero-order chi connectivity index (χ0) is 25.8. The molecule has 0 amide bonds. The topological polar surface area (TPSA) is 98.5 Å². The highest BCUT2D eigenvalue weighted by Gasteiger charge is 2.19. The van der Waals surface area contributed by atoms with Crippen molar-refractivity contribution in [3.05, 3.63) is 64.8 Å². The standard InChI is InChI=1S/C26H26ClFN4O4/c1-4-9-36-22-12-16(11-18(27)24(22)26(33)34)20-13-23(31-14-30-20)29-7-8-32-15(2)10-17-21(35-3)6-5-19(28)25(17)32/h5-6,10-14H,4,7-9H2,1-3H3,(H,33,34)(H,29,30,31). The van der Waals surface area contributed by atoms with Gasteiger partial charge in [-0.2, -0.15) is 0 Å². The second kappa shape index (κ2) is 10.8. The van der Waals surface area contributed by atoms with Crippen molar-refractivity contribution in [1.29, 1.82) is 0 Å². The summed E-state index contributed by atoms with van der Waals surface area (Å²) < 4.78 is 27.5. The molecule has 2 N–H and O–H groups in total. The van der Waals surface area contributed by atoms with Gasteiger partial charge in [0.1, 0.15) is 35.0 Å². The van der Waals surface area contributed by atoms with Crippen molar-refractivity contribution in [3.63, 3.8) is 0 Å². The van der Waals surface area contributed by atoms with E-state index in [1.54, 1.807) is 31.4 Å². The van der Waals surface area contributed by atoms with Crippen molar-refractivity contribution in [1.82, 2.24) is 14.5 Å². The maximum absolute atomic E-state index is 14.6. The molecular formula is C26H26ClFN4O4. The van der Waals surface area contributed by atoms with Gasteiger partial charge in [0.2, 0.25) is 0 Å². The number of aryl methyl sites for hydroxylation is 1. The molecule has 188 valence electrons. The lowest BCUT2D eigenvalue weighted by Crippen LogP contribution is -2.13. The molecule has 36 heavy (non-hydrogen) atoms. The summed E-state index contributed by atoms with van der Waals surface area (Å²) in [5, 5.41) is 13.6. The molecule has 4 aromatic rings.